The van der Waals surface area contributed by atoms with Gasteiger partial charge in [0.25, 0.3) is 6.43 Å². The summed E-state index contributed by atoms with van der Waals surface area (Å²) >= 11 is 0. The van der Waals surface area contributed by atoms with Gasteiger partial charge in [-0.3, -0.25) is 0 Å². The minimum atomic E-state index is -2.54. The summed E-state index contributed by atoms with van der Waals surface area (Å²) in [7, 11) is 0. The van der Waals surface area contributed by atoms with E-state index in [9.17, 15) is 8.78 Å². The summed E-state index contributed by atoms with van der Waals surface area (Å²) in [4.78, 5) is 0. The van der Waals surface area contributed by atoms with Crippen molar-refractivity contribution in [1.82, 2.24) is 0 Å². The number of rotatable bonds is 2. The molecule has 1 atom stereocenters. The van der Waals surface area contributed by atoms with Gasteiger partial charge in [0.15, 0.2) is 0 Å². The van der Waals surface area contributed by atoms with Gasteiger partial charge < -0.3 is 5.73 Å². The highest BCUT2D eigenvalue weighted by Gasteiger charge is 2.19. The predicted octanol–water partition coefficient (Wildman–Crippen LogP) is 3.83. The molecule has 2 aromatic rings. The van der Waals surface area contributed by atoms with Gasteiger partial charge in [-0.2, -0.15) is 0 Å². The van der Waals surface area contributed by atoms with E-state index in [4.69, 9.17) is 5.73 Å². The lowest BCUT2D eigenvalue weighted by Crippen LogP contribution is -2.19. The first kappa shape index (κ1) is 13.9. The lowest BCUT2D eigenvalue weighted by molar-refractivity contribution is 0.117. The number of benzene rings is 2. The van der Waals surface area contributed by atoms with Crippen molar-refractivity contribution in [1.29, 1.82) is 0 Å². The Hall–Kier alpha value is -1.19. The number of fused-ring (bicyclic) bond motifs is 1. The minimum absolute atomic E-state index is 0. The summed E-state index contributed by atoms with van der Waals surface area (Å²) in [6, 6.07) is 9.79. The molecule has 2 N–H and O–H groups in total. The molecule has 0 heterocycles. The molecule has 92 valence electrons. The first-order valence-corrected chi connectivity index (χ1v) is 5.13. The van der Waals surface area contributed by atoms with Gasteiger partial charge in [-0.05, 0) is 28.8 Å². The lowest BCUT2D eigenvalue weighted by atomic mass is 9.96. The van der Waals surface area contributed by atoms with Crippen LogP contribution in [0.3, 0.4) is 0 Å². The molecule has 2 aromatic carbocycles. The summed E-state index contributed by atoms with van der Waals surface area (Å²) in [5, 5.41) is 1.80. The number of halogens is 3. The van der Waals surface area contributed by atoms with Crippen molar-refractivity contribution in [3.8, 4) is 0 Å². The molecule has 17 heavy (non-hydrogen) atoms. The van der Waals surface area contributed by atoms with E-state index < -0.39 is 12.5 Å². The third kappa shape index (κ3) is 2.56. The Morgan fingerprint density at radius 2 is 1.59 bits per heavy atom. The van der Waals surface area contributed by atoms with E-state index in [0.717, 1.165) is 16.3 Å². The van der Waals surface area contributed by atoms with Crippen LogP contribution >= 0.6 is 12.4 Å². The Morgan fingerprint density at radius 3 is 2.18 bits per heavy atom. The summed E-state index contributed by atoms with van der Waals surface area (Å²) in [5.74, 6) is 0. The number of aryl methyl sites for hydroxylation is 1. The number of nitrogens with two attached hydrogens (primary N) is 1. The van der Waals surface area contributed by atoms with Crippen LogP contribution in [0.15, 0.2) is 36.4 Å². The van der Waals surface area contributed by atoms with Gasteiger partial charge in [-0.25, -0.2) is 8.78 Å². The van der Waals surface area contributed by atoms with E-state index in [1.165, 1.54) is 0 Å². The van der Waals surface area contributed by atoms with E-state index in [1.807, 2.05) is 37.3 Å². The van der Waals surface area contributed by atoms with Crippen molar-refractivity contribution in [2.75, 3.05) is 0 Å². The zero-order chi connectivity index (χ0) is 11.7. The average Bonchev–Trinajstić information content (AvgIpc) is 2.29. The maximum atomic E-state index is 12.6. The van der Waals surface area contributed by atoms with Crippen LogP contribution in [0.1, 0.15) is 17.2 Å². The fourth-order valence-electron chi connectivity index (χ4n) is 1.90. The van der Waals surface area contributed by atoms with Gasteiger partial charge in [-0.15, -0.1) is 12.4 Å². The van der Waals surface area contributed by atoms with E-state index in [1.54, 1.807) is 6.07 Å². The highest BCUT2D eigenvalue weighted by atomic mass is 35.5. The number of hydrogen-bond donors (Lipinski definition) is 1. The Bertz CT molecular complexity index is 514. The largest absolute Gasteiger partial charge is 0.319 e. The Balaban J connectivity index is 0.00000144. The molecule has 4 heteroatoms. The van der Waals surface area contributed by atoms with Crippen LogP contribution in [0, 0.1) is 6.92 Å². The van der Waals surface area contributed by atoms with Crippen molar-refractivity contribution in [3.05, 3.63) is 47.5 Å². The van der Waals surface area contributed by atoms with Gasteiger partial charge in [-0.1, -0.05) is 36.4 Å². The molecule has 0 aromatic heterocycles. The van der Waals surface area contributed by atoms with Gasteiger partial charge in [0.2, 0.25) is 0 Å². The molecule has 0 bridgehead atoms. The normalized spacial score (nSPS) is 12.5. The Morgan fingerprint density at radius 1 is 1.00 bits per heavy atom. The summed E-state index contributed by atoms with van der Waals surface area (Å²) < 4.78 is 25.2. The molecule has 0 fully saturated rings. The van der Waals surface area contributed by atoms with Gasteiger partial charge in [0, 0.05) is 0 Å². The fraction of sp³-hybridized carbons (Fsp3) is 0.231. The van der Waals surface area contributed by atoms with Crippen LogP contribution in [0.2, 0.25) is 0 Å². The second-order valence-corrected chi connectivity index (χ2v) is 3.88. The molecule has 0 radical (unpaired) electrons. The molecular weight excluding hydrogens is 244 g/mol. The molecule has 0 unspecified atom stereocenters. The fourth-order valence-corrected chi connectivity index (χ4v) is 1.90. The lowest BCUT2D eigenvalue weighted by Gasteiger charge is -2.14. The smallest absolute Gasteiger partial charge is 0.257 e. The van der Waals surface area contributed by atoms with Crippen molar-refractivity contribution >= 4 is 23.2 Å². The molecule has 0 spiro atoms. The molecule has 0 aliphatic carbocycles. The van der Waals surface area contributed by atoms with Crippen LogP contribution in [-0.4, -0.2) is 6.43 Å². The quantitative estimate of drug-likeness (QED) is 0.869. The third-order valence-electron chi connectivity index (χ3n) is 2.81. The van der Waals surface area contributed by atoms with Crippen LogP contribution < -0.4 is 5.73 Å². The molecule has 0 saturated heterocycles. The summed E-state index contributed by atoms with van der Waals surface area (Å²) in [6.07, 6.45) is -2.54. The van der Waals surface area contributed by atoms with Gasteiger partial charge in [0.1, 0.15) is 0 Å². The zero-order valence-corrected chi connectivity index (χ0v) is 10.2. The molecule has 2 rings (SSSR count). The number of alkyl halides is 2. The number of hydrogen-bond acceptors (Lipinski definition) is 1. The highest BCUT2D eigenvalue weighted by molar-refractivity contribution is 5.88. The van der Waals surface area contributed by atoms with Crippen LogP contribution in [-0.2, 0) is 0 Å². The minimum Gasteiger partial charge on any atom is -0.319 e. The van der Waals surface area contributed by atoms with Crippen molar-refractivity contribution in [2.24, 2.45) is 5.73 Å². The summed E-state index contributed by atoms with van der Waals surface area (Å²) in [6.45, 7) is 1.96. The molecule has 0 aliphatic heterocycles. The molecule has 0 amide bonds. The maximum Gasteiger partial charge on any atom is 0.257 e. The standard InChI is InChI=1S/C13H13F2N.ClH/c1-8-6-7-11(12(16)13(14)15)10-5-3-2-4-9(8)10;/h2-7,12-13H,16H2,1H3;1H/t12-;/m0./s1. The monoisotopic (exact) mass is 257 g/mol. The third-order valence-corrected chi connectivity index (χ3v) is 2.81. The Kier molecular flexibility index (Phi) is 4.43. The first-order chi connectivity index (χ1) is 7.61. The molecule has 0 aliphatic rings. The zero-order valence-electron chi connectivity index (χ0n) is 9.36. The molecule has 1 nitrogen and oxygen atoms in total. The average molecular weight is 258 g/mol. The van der Waals surface area contributed by atoms with E-state index in [0.29, 0.717) is 5.56 Å². The van der Waals surface area contributed by atoms with Gasteiger partial charge >= 0.3 is 0 Å². The molecule has 0 saturated carbocycles. The van der Waals surface area contributed by atoms with E-state index in [-0.39, 0.29) is 12.4 Å². The molecular formula is C13H14ClF2N. The Labute approximate surface area is 105 Å². The van der Waals surface area contributed by atoms with E-state index >= 15 is 0 Å². The van der Waals surface area contributed by atoms with Crippen molar-refractivity contribution in [2.45, 2.75) is 19.4 Å². The summed E-state index contributed by atoms with van der Waals surface area (Å²) in [5.41, 5.74) is 7.08. The highest BCUT2D eigenvalue weighted by Crippen LogP contribution is 2.28. The van der Waals surface area contributed by atoms with Crippen molar-refractivity contribution in [3.63, 3.8) is 0 Å². The van der Waals surface area contributed by atoms with Gasteiger partial charge in [0.05, 0.1) is 6.04 Å². The first-order valence-electron chi connectivity index (χ1n) is 5.13. The maximum absolute atomic E-state index is 12.6. The van der Waals surface area contributed by atoms with E-state index in [2.05, 4.69) is 0 Å². The van der Waals surface area contributed by atoms with Crippen LogP contribution in [0.4, 0.5) is 8.78 Å². The van der Waals surface area contributed by atoms with Crippen LogP contribution in [0.25, 0.3) is 10.8 Å². The predicted molar refractivity (Wildman–Crippen MR) is 68.9 cm³/mol. The van der Waals surface area contributed by atoms with Crippen molar-refractivity contribution < 1.29 is 8.78 Å². The SMILES string of the molecule is Cc1ccc([C@H](N)C(F)F)c2ccccc12.Cl. The van der Waals surface area contributed by atoms with Crippen LogP contribution in [0.5, 0.6) is 0 Å². The topological polar surface area (TPSA) is 26.0 Å². The second kappa shape index (κ2) is 5.43. The second-order valence-electron chi connectivity index (χ2n) is 3.88.